The van der Waals surface area contributed by atoms with Crippen molar-refractivity contribution in [1.82, 2.24) is 5.32 Å². The van der Waals surface area contributed by atoms with Gasteiger partial charge in [0.1, 0.15) is 0 Å². The van der Waals surface area contributed by atoms with Crippen molar-refractivity contribution in [2.24, 2.45) is 0 Å². The van der Waals surface area contributed by atoms with E-state index in [1.807, 2.05) is 0 Å². The number of methoxy groups -OCH3 is 1. The van der Waals surface area contributed by atoms with Crippen LogP contribution in [-0.2, 0) is 4.74 Å². The Morgan fingerprint density at radius 1 is 1.42 bits per heavy atom. The zero-order valence-electron chi connectivity index (χ0n) is 8.34. The van der Waals surface area contributed by atoms with Crippen LogP contribution in [0.15, 0.2) is 0 Å². The number of aliphatic hydroxyl groups excluding tert-OH is 1. The van der Waals surface area contributed by atoms with Gasteiger partial charge in [-0.05, 0) is 12.8 Å². The fourth-order valence-corrected chi connectivity index (χ4v) is 0.937. The number of hydrogen-bond donors (Lipinski definition) is 2. The Morgan fingerprint density at radius 2 is 2.08 bits per heavy atom. The minimum atomic E-state index is -0.234. The molecule has 0 aliphatic heterocycles. The summed E-state index contributed by atoms with van der Waals surface area (Å²) < 4.78 is 4.89. The first kappa shape index (κ1) is 11.9. The third-order valence-corrected chi connectivity index (χ3v) is 1.65. The molecule has 74 valence electrons. The standard InChI is InChI=1S/C9H21NO2/c1-8(2)10-7-9(11)5-4-6-12-3/h8-11H,4-7H2,1-3H3. The molecular formula is C9H21NO2. The van der Waals surface area contributed by atoms with Gasteiger partial charge in [-0.1, -0.05) is 13.8 Å². The van der Waals surface area contributed by atoms with Crippen LogP contribution in [0.3, 0.4) is 0 Å². The fourth-order valence-electron chi connectivity index (χ4n) is 0.937. The van der Waals surface area contributed by atoms with E-state index in [2.05, 4.69) is 19.2 Å². The second kappa shape index (κ2) is 7.53. The van der Waals surface area contributed by atoms with Gasteiger partial charge in [0.2, 0.25) is 0 Å². The number of rotatable bonds is 7. The lowest BCUT2D eigenvalue weighted by atomic mass is 10.2. The topological polar surface area (TPSA) is 41.5 Å². The summed E-state index contributed by atoms with van der Waals surface area (Å²) in [5, 5.41) is 12.6. The Bertz CT molecular complexity index is 96.5. The molecule has 0 heterocycles. The quantitative estimate of drug-likeness (QED) is 0.562. The van der Waals surface area contributed by atoms with Crippen molar-refractivity contribution in [3.63, 3.8) is 0 Å². The zero-order valence-corrected chi connectivity index (χ0v) is 8.34. The molecule has 0 aliphatic carbocycles. The molecule has 0 bridgehead atoms. The number of ether oxygens (including phenoxy) is 1. The lowest BCUT2D eigenvalue weighted by Crippen LogP contribution is -2.31. The predicted octanol–water partition coefficient (Wildman–Crippen LogP) is 0.772. The summed E-state index contributed by atoms with van der Waals surface area (Å²) in [5.74, 6) is 0. The molecule has 1 atom stereocenters. The van der Waals surface area contributed by atoms with E-state index in [1.165, 1.54) is 0 Å². The smallest absolute Gasteiger partial charge is 0.0665 e. The van der Waals surface area contributed by atoms with Gasteiger partial charge < -0.3 is 15.2 Å². The number of hydrogen-bond acceptors (Lipinski definition) is 3. The molecule has 0 aromatic carbocycles. The first-order chi connectivity index (χ1) is 5.66. The molecule has 1 unspecified atom stereocenters. The van der Waals surface area contributed by atoms with Gasteiger partial charge in [-0.3, -0.25) is 0 Å². The maximum absolute atomic E-state index is 9.41. The van der Waals surface area contributed by atoms with E-state index in [0.717, 1.165) is 19.4 Å². The van der Waals surface area contributed by atoms with Gasteiger partial charge in [0, 0.05) is 26.3 Å². The van der Waals surface area contributed by atoms with Crippen molar-refractivity contribution in [3.05, 3.63) is 0 Å². The second-order valence-corrected chi connectivity index (χ2v) is 3.35. The molecule has 0 radical (unpaired) electrons. The highest BCUT2D eigenvalue weighted by molar-refractivity contribution is 4.61. The molecule has 12 heavy (non-hydrogen) atoms. The average Bonchev–Trinajstić information content (AvgIpc) is 2.01. The van der Waals surface area contributed by atoms with Crippen LogP contribution in [0.4, 0.5) is 0 Å². The van der Waals surface area contributed by atoms with Crippen LogP contribution >= 0.6 is 0 Å². The van der Waals surface area contributed by atoms with Crippen LogP contribution in [0.25, 0.3) is 0 Å². The first-order valence-electron chi connectivity index (χ1n) is 4.57. The Kier molecular flexibility index (Phi) is 7.45. The van der Waals surface area contributed by atoms with Crippen molar-refractivity contribution in [2.75, 3.05) is 20.3 Å². The van der Waals surface area contributed by atoms with Crippen LogP contribution in [0.1, 0.15) is 26.7 Å². The maximum atomic E-state index is 9.41. The Labute approximate surface area is 75.1 Å². The summed E-state index contributed by atoms with van der Waals surface area (Å²) in [5.41, 5.74) is 0. The van der Waals surface area contributed by atoms with Gasteiger partial charge >= 0.3 is 0 Å². The summed E-state index contributed by atoms with van der Waals surface area (Å²) in [6.45, 7) is 5.56. The maximum Gasteiger partial charge on any atom is 0.0665 e. The van der Waals surface area contributed by atoms with Gasteiger partial charge in [0.25, 0.3) is 0 Å². The number of aliphatic hydroxyl groups is 1. The van der Waals surface area contributed by atoms with Crippen molar-refractivity contribution in [1.29, 1.82) is 0 Å². The van der Waals surface area contributed by atoms with Gasteiger partial charge in [0.05, 0.1) is 6.10 Å². The van der Waals surface area contributed by atoms with E-state index in [9.17, 15) is 5.11 Å². The Balaban J connectivity index is 3.15. The molecule has 0 aliphatic rings. The predicted molar refractivity (Wildman–Crippen MR) is 50.3 cm³/mol. The normalized spacial score (nSPS) is 13.8. The highest BCUT2D eigenvalue weighted by Gasteiger charge is 2.03. The van der Waals surface area contributed by atoms with Crippen LogP contribution in [-0.4, -0.2) is 37.5 Å². The van der Waals surface area contributed by atoms with Crippen LogP contribution < -0.4 is 5.32 Å². The monoisotopic (exact) mass is 175 g/mol. The summed E-state index contributed by atoms with van der Waals surface area (Å²) in [7, 11) is 1.68. The lowest BCUT2D eigenvalue weighted by Gasteiger charge is -2.13. The third kappa shape index (κ3) is 7.98. The fraction of sp³-hybridized carbons (Fsp3) is 1.00. The summed E-state index contributed by atoms with van der Waals surface area (Å²) in [6.07, 6.45) is 1.51. The minimum absolute atomic E-state index is 0.234. The molecule has 3 nitrogen and oxygen atoms in total. The average molecular weight is 175 g/mol. The molecule has 0 rings (SSSR count). The van der Waals surface area contributed by atoms with Gasteiger partial charge in [0.15, 0.2) is 0 Å². The molecule has 2 N–H and O–H groups in total. The molecule has 3 heteroatoms. The Hall–Kier alpha value is -0.120. The second-order valence-electron chi connectivity index (χ2n) is 3.35. The van der Waals surface area contributed by atoms with E-state index in [-0.39, 0.29) is 6.10 Å². The van der Waals surface area contributed by atoms with Crippen LogP contribution in [0.2, 0.25) is 0 Å². The van der Waals surface area contributed by atoms with E-state index < -0.39 is 0 Å². The molecule has 0 aromatic rings. The molecule has 0 spiro atoms. The molecule has 0 saturated carbocycles. The van der Waals surface area contributed by atoms with Crippen molar-refractivity contribution < 1.29 is 9.84 Å². The van der Waals surface area contributed by atoms with E-state index >= 15 is 0 Å². The van der Waals surface area contributed by atoms with Crippen molar-refractivity contribution >= 4 is 0 Å². The molecule has 0 fully saturated rings. The number of nitrogens with one attached hydrogen (secondary N) is 1. The van der Waals surface area contributed by atoms with Gasteiger partial charge in [-0.15, -0.1) is 0 Å². The van der Waals surface area contributed by atoms with E-state index in [0.29, 0.717) is 12.6 Å². The lowest BCUT2D eigenvalue weighted by molar-refractivity contribution is 0.132. The largest absolute Gasteiger partial charge is 0.392 e. The highest BCUT2D eigenvalue weighted by Crippen LogP contribution is 1.96. The molecular weight excluding hydrogens is 154 g/mol. The summed E-state index contributed by atoms with van der Waals surface area (Å²) >= 11 is 0. The van der Waals surface area contributed by atoms with Crippen LogP contribution in [0.5, 0.6) is 0 Å². The first-order valence-corrected chi connectivity index (χ1v) is 4.57. The SMILES string of the molecule is COCCCC(O)CNC(C)C. The van der Waals surface area contributed by atoms with Gasteiger partial charge in [-0.25, -0.2) is 0 Å². The third-order valence-electron chi connectivity index (χ3n) is 1.65. The van der Waals surface area contributed by atoms with Crippen molar-refractivity contribution in [2.45, 2.75) is 38.8 Å². The van der Waals surface area contributed by atoms with Gasteiger partial charge in [-0.2, -0.15) is 0 Å². The Morgan fingerprint density at radius 3 is 2.58 bits per heavy atom. The van der Waals surface area contributed by atoms with Crippen molar-refractivity contribution in [3.8, 4) is 0 Å². The molecule has 0 aromatic heterocycles. The molecule has 0 saturated heterocycles. The van der Waals surface area contributed by atoms with Crippen LogP contribution in [0, 0.1) is 0 Å². The summed E-state index contributed by atoms with van der Waals surface area (Å²) in [4.78, 5) is 0. The zero-order chi connectivity index (χ0) is 9.40. The molecule has 0 amide bonds. The minimum Gasteiger partial charge on any atom is -0.392 e. The van der Waals surface area contributed by atoms with E-state index in [4.69, 9.17) is 4.74 Å². The highest BCUT2D eigenvalue weighted by atomic mass is 16.5. The summed E-state index contributed by atoms with van der Waals surface area (Å²) in [6, 6.07) is 0.446. The van der Waals surface area contributed by atoms with E-state index in [1.54, 1.807) is 7.11 Å².